The molecule has 2 heterocycles. The molecular weight excluding hydrogens is 363 g/mol. The molecule has 1 aromatic carbocycles. The third-order valence-electron chi connectivity index (χ3n) is 3.58. The molecule has 2 aromatic heterocycles. The van der Waals surface area contributed by atoms with Crippen molar-refractivity contribution in [1.29, 1.82) is 0 Å². The summed E-state index contributed by atoms with van der Waals surface area (Å²) in [4.78, 5) is 30.6. The molecular formula is C17H12F3N5O2. The van der Waals surface area contributed by atoms with Gasteiger partial charge in [-0.2, -0.15) is 13.2 Å². The molecule has 0 saturated carbocycles. The van der Waals surface area contributed by atoms with Crippen LogP contribution in [-0.2, 0) is 12.7 Å². The minimum atomic E-state index is -4.55. The van der Waals surface area contributed by atoms with E-state index in [0.29, 0.717) is 5.69 Å². The second-order valence-electron chi connectivity index (χ2n) is 5.40. The van der Waals surface area contributed by atoms with Gasteiger partial charge in [0.05, 0.1) is 5.56 Å². The number of H-pyrrole nitrogens is 1. The maximum Gasteiger partial charge on any atom is 0.416 e. The van der Waals surface area contributed by atoms with E-state index in [0.717, 1.165) is 6.07 Å². The predicted molar refractivity (Wildman–Crippen MR) is 88.5 cm³/mol. The summed E-state index contributed by atoms with van der Waals surface area (Å²) >= 11 is 0. The SMILES string of the molecule is O=C(NCc1ccccc1C(F)(F)F)c1nnc(-c2ccccn2)[nH]c1=O. The van der Waals surface area contributed by atoms with Crippen molar-refractivity contribution in [2.24, 2.45) is 0 Å². The van der Waals surface area contributed by atoms with Crippen molar-refractivity contribution in [2.75, 3.05) is 0 Å². The van der Waals surface area contributed by atoms with Crippen LogP contribution in [-0.4, -0.2) is 26.1 Å². The highest BCUT2D eigenvalue weighted by molar-refractivity contribution is 5.91. The van der Waals surface area contributed by atoms with Gasteiger partial charge in [0.15, 0.2) is 5.82 Å². The number of pyridine rings is 1. The van der Waals surface area contributed by atoms with Crippen molar-refractivity contribution in [3.05, 3.63) is 75.8 Å². The van der Waals surface area contributed by atoms with Crippen molar-refractivity contribution >= 4 is 5.91 Å². The second kappa shape index (κ2) is 7.36. The second-order valence-corrected chi connectivity index (χ2v) is 5.40. The Morgan fingerprint density at radius 2 is 1.81 bits per heavy atom. The van der Waals surface area contributed by atoms with Crippen LogP contribution in [0.5, 0.6) is 0 Å². The van der Waals surface area contributed by atoms with Gasteiger partial charge in [0.25, 0.3) is 11.5 Å². The van der Waals surface area contributed by atoms with E-state index in [1.54, 1.807) is 18.2 Å². The van der Waals surface area contributed by atoms with Gasteiger partial charge in [0.1, 0.15) is 5.69 Å². The van der Waals surface area contributed by atoms with E-state index in [4.69, 9.17) is 0 Å². The first kappa shape index (κ1) is 18.2. The van der Waals surface area contributed by atoms with Gasteiger partial charge in [-0.25, -0.2) is 0 Å². The van der Waals surface area contributed by atoms with Crippen LogP contribution in [0.15, 0.2) is 53.5 Å². The number of rotatable bonds is 4. The molecule has 1 amide bonds. The van der Waals surface area contributed by atoms with E-state index >= 15 is 0 Å². The van der Waals surface area contributed by atoms with Gasteiger partial charge < -0.3 is 10.3 Å². The van der Waals surface area contributed by atoms with Gasteiger partial charge >= 0.3 is 6.18 Å². The Bertz CT molecular complexity index is 1020. The van der Waals surface area contributed by atoms with Crippen molar-refractivity contribution in [3.63, 3.8) is 0 Å². The lowest BCUT2D eigenvalue weighted by atomic mass is 10.1. The molecule has 0 bridgehead atoms. The molecule has 0 unspecified atom stereocenters. The van der Waals surface area contributed by atoms with E-state index in [1.165, 1.54) is 24.4 Å². The third kappa shape index (κ3) is 4.17. The fraction of sp³-hybridized carbons (Fsp3) is 0.118. The van der Waals surface area contributed by atoms with Crippen LogP contribution < -0.4 is 10.9 Å². The number of benzene rings is 1. The first-order chi connectivity index (χ1) is 12.9. The van der Waals surface area contributed by atoms with Gasteiger partial charge in [-0.15, -0.1) is 10.2 Å². The summed E-state index contributed by atoms with van der Waals surface area (Å²) in [6.45, 7) is -0.419. The minimum Gasteiger partial charge on any atom is -0.346 e. The number of halogens is 3. The summed E-state index contributed by atoms with van der Waals surface area (Å²) in [5.41, 5.74) is -2.02. The molecule has 2 N–H and O–H groups in total. The quantitative estimate of drug-likeness (QED) is 0.728. The Balaban J connectivity index is 1.77. The van der Waals surface area contributed by atoms with Crippen LogP contribution in [0.4, 0.5) is 13.2 Å². The van der Waals surface area contributed by atoms with Crippen molar-refractivity contribution in [3.8, 4) is 11.5 Å². The zero-order chi connectivity index (χ0) is 19.4. The number of alkyl halides is 3. The number of carbonyl (C=O) groups excluding carboxylic acids is 1. The molecule has 0 radical (unpaired) electrons. The summed E-state index contributed by atoms with van der Waals surface area (Å²) in [6, 6.07) is 9.77. The molecule has 0 aliphatic carbocycles. The van der Waals surface area contributed by atoms with Gasteiger partial charge in [0, 0.05) is 12.7 Å². The summed E-state index contributed by atoms with van der Waals surface area (Å²) in [7, 11) is 0. The molecule has 0 spiro atoms. The Morgan fingerprint density at radius 3 is 2.48 bits per heavy atom. The van der Waals surface area contributed by atoms with E-state index in [9.17, 15) is 22.8 Å². The van der Waals surface area contributed by atoms with Crippen LogP contribution in [0.3, 0.4) is 0 Å². The van der Waals surface area contributed by atoms with Crippen LogP contribution in [0, 0.1) is 0 Å². The minimum absolute atomic E-state index is 0.0690. The van der Waals surface area contributed by atoms with Gasteiger partial charge in [-0.05, 0) is 23.8 Å². The number of hydrogen-bond acceptors (Lipinski definition) is 5. The first-order valence-corrected chi connectivity index (χ1v) is 7.68. The number of nitrogens with one attached hydrogen (secondary N) is 2. The fourth-order valence-corrected chi connectivity index (χ4v) is 2.31. The maximum atomic E-state index is 13.0. The molecule has 0 aliphatic rings. The van der Waals surface area contributed by atoms with Gasteiger partial charge in [-0.3, -0.25) is 14.6 Å². The third-order valence-corrected chi connectivity index (χ3v) is 3.58. The highest BCUT2D eigenvalue weighted by Gasteiger charge is 2.32. The summed E-state index contributed by atoms with van der Waals surface area (Å²) in [6.07, 6.45) is -3.06. The number of carbonyl (C=O) groups is 1. The number of aromatic amines is 1. The highest BCUT2D eigenvalue weighted by Crippen LogP contribution is 2.31. The van der Waals surface area contributed by atoms with Crippen LogP contribution >= 0.6 is 0 Å². The van der Waals surface area contributed by atoms with Crippen molar-refractivity contribution < 1.29 is 18.0 Å². The predicted octanol–water partition coefficient (Wildman–Crippen LogP) is 2.18. The van der Waals surface area contributed by atoms with Gasteiger partial charge in [0.2, 0.25) is 5.69 Å². The van der Waals surface area contributed by atoms with E-state index < -0.39 is 35.4 Å². The number of aromatic nitrogens is 4. The molecule has 138 valence electrons. The zero-order valence-electron chi connectivity index (χ0n) is 13.6. The molecule has 10 heteroatoms. The topological polar surface area (TPSA) is 101 Å². The van der Waals surface area contributed by atoms with Crippen molar-refractivity contribution in [1.82, 2.24) is 25.5 Å². The molecule has 0 fully saturated rings. The van der Waals surface area contributed by atoms with E-state index in [2.05, 4.69) is 25.5 Å². The Hall–Kier alpha value is -3.56. The molecule has 0 aliphatic heterocycles. The number of hydrogen-bond donors (Lipinski definition) is 2. The lowest BCUT2D eigenvalue weighted by Crippen LogP contribution is -2.32. The van der Waals surface area contributed by atoms with E-state index in [1.807, 2.05) is 0 Å². The highest BCUT2D eigenvalue weighted by atomic mass is 19.4. The average molecular weight is 375 g/mol. The standard InChI is InChI=1S/C17H12F3N5O2/c18-17(19,20)11-6-2-1-5-10(11)9-22-15(26)13-16(27)23-14(25-24-13)12-7-3-4-8-21-12/h1-8H,9H2,(H,22,26)(H,23,25,27). The lowest BCUT2D eigenvalue weighted by Gasteiger charge is -2.12. The fourth-order valence-electron chi connectivity index (χ4n) is 2.31. The smallest absolute Gasteiger partial charge is 0.346 e. The molecule has 3 aromatic rings. The molecule has 0 saturated heterocycles. The van der Waals surface area contributed by atoms with Crippen molar-refractivity contribution in [2.45, 2.75) is 12.7 Å². The van der Waals surface area contributed by atoms with Crippen LogP contribution in [0.25, 0.3) is 11.5 Å². The molecule has 27 heavy (non-hydrogen) atoms. The normalized spacial score (nSPS) is 11.2. The Kier molecular flexibility index (Phi) is 4.97. The maximum absolute atomic E-state index is 13.0. The monoisotopic (exact) mass is 375 g/mol. The summed E-state index contributed by atoms with van der Waals surface area (Å²) in [5.74, 6) is -0.868. The van der Waals surface area contributed by atoms with E-state index in [-0.39, 0.29) is 11.4 Å². The average Bonchev–Trinajstić information content (AvgIpc) is 2.66. The van der Waals surface area contributed by atoms with Gasteiger partial charge in [-0.1, -0.05) is 24.3 Å². The zero-order valence-corrected chi connectivity index (χ0v) is 13.6. The summed E-state index contributed by atoms with van der Waals surface area (Å²) < 4.78 is 38.9. The number of nitrogens with zero attached hydrogens (tertiary/aromatic N) is 3. The largest absolute Gasteiger partial charge is 0.416 e. The van der Waals surface area contributed by atoms with Crippen LogP contribution in [0.1, 0.15) is 21.6 Å². The molecule has 0 atom stereocenters. The molecule has 3 rings (SSSR count). The number of amides is 1. The van der Waals surface area contributed by atoms with Crippen LogP contribution in [0.2, 0.25) is 0 Å². The lowest BCUT2D eigenvalue weighted by molar-refractivity contribution is -0.138. The Morgan fingerprint density at radius 1 is 1.07 bits per heavy atom. The first-order valence-electron chi connectivity index (χ1n) is 7.68. The Labute approximate surface area is 150 Å². The molecule has 7 nitrogen and oxygen atoms in total. The summed E-state index contributed by atoms with van der Waals surface area (Å²) in [5, 5.41) is 9.55.